The van der Waals surface area contributed by atoms with Crippen molar-refractivity contribution >= 4 is 17.9 Å². The third-order valence-electron chi connectivity index (χ3n) is 5.18. The Balaban J connectivity index is 1.78. The number of Topliss-reactive ketones (excluding diaryl/α,β-unsaturated/α-hetero) is 1. The van der Waals surface area contributed by atoms with E-state index < -0.39 is 0 Å². The van der Waals surface area contributed by atoms with Gasteiger partial charge in [-0.2, -0.15) is 0 Å². The second kappa shape index (κ2) is 6.21. The molecule has 0 aliphatic carbocycles. The van der Waals surface area contributed by atoms with Gasteiger partial charge in [-0.3, -0.25) is 9.69 Å². The molecule has 2 saturated heterocycles. The number of ketones is 1. The van der Waals surface area contributed by atoms with Gasteiger partial charge in [-0.1, -0.05) is 60.7 Å². The van der Waals surface area contributed by atoms with E-state index in [-0.39, 0.29) is 17.9 Å². The van der Waals surface area contributed by atoms with Crippen LogP contribution in [0.5, 0.6) is 0 Å². The molecule has 0 amide bonds. The Hall–Kier alpha value is -2.45. The monoisotopic (exact) mass is 315 g/mol. The second-order valence-corrected chi connectivity index (χ2v) is 6.62. The van der Waals surface area contributed by atoms with Gasteiger partial charge in [0.1, 0.15) is 0 Å². The Bertz CT molecular complexity index is 737. The lowest BCUT2D eigenvalue weighted by atomic mass is 9.88. The smallest absolute Gasteiger partial charge is 0.188 e. The van der Waals surface area contributed by atoms with Gasteiger partial charge < -0.3 is 0 Å². The van der Waals surface area contributed by atoms with E-state index >= 15 is 0 Å². The summed E-state index contributed by atoms with van der Waals surface area (Å²) < 4.78 is 0. The lowest BCUT2D eigenvalue weighted by Crippen LogP contribution is -2.43. The highest BCUT2D eigenvalue weighted by Gasteiger charge is 2.44. The molecule has 0 N–H and O–H groups in total. The van der Waals surface area contributed by atoms with Crippen molar-refractivity contribution in [3.05, 3.63) is 82.9 Å². The Morgan fingerprint density at radius 3 is 1.62 bits per heavy atom. The zero-order valence-corrected chi connectivity index (χ0v) is 13.9. The minimum absolute atomic E-state index is 0.216. The van der Waals surface area contributed by atoms with Gasteiger partial charge in [0.25, 0.3) is 0 Å². The lowest BCUT2D eigenvalue weighted by molar-refractivity contribution is -0.114. The van der Waals surface area contributed by atoms with Crippen LogP contribution in [0.25, 0.3) is 12.2 Å². The van der Waals surface area contributed by atoms with Gasteiger partial charge in [-0.05, 0) is 43.2 Å². The number of carbonyl (C=O) groups is 1. The number of fused-ring (bicyclic) bond motifs is 2. The molecule has 2 aromatic rings. The Labute approximate surface area is 143 Å². The Kier molecular flexibility index (Phi) is 3.91. The van der Waals surface area contributed by atoms with Gasteiger partial charge in [0, 0.05) is 23.2 Å². The molecule has 4 rings (SSSR count). The second-order valence-electron chi connectivity index (χ2n) is 6.62. The van der Waals surface area contributed by atoms with E-state index in [1.165, 1.54) is 0 Å². The van der Waals surface area contributed by atoms with Crippen molar-refractivity contribution in [1.29, 1.82) is 0 Å². The number of likely N-dealkylation sites (N-methyl/N-ethyl adjacent to an activating group) is 1. The predicted molar refractivity (Wildman–Crippen MR) is 98.4 cm³/mol. The first kappa shape index (κ1) is 15.1. The zero-order chi connectivity index (χ0) is 16.5. The van der Waals surface area contributed by atoms with E-state index in [0.717, 1.165) is 35.1 Å². The maximum atomic E-state index is 13.2. The van der Waals surface area contributed by atoms with Crippen LogP contribution in [0.3, 0.4) is 0 Å². The average molecular weight is 315 g/mol. The molecule has 2 bridgehead atoms. The van der Waals surface area contributed by atoms with E-state index in [0.29, 0.717) is 0 Å². The van der Waals surface area contributed by atoms with Gasteiger partial charge in [0.15, 0.2) is 5.78 Å². The van der Waals surface area contributed by atoms with Crippen LogP contribution in [-0.2, 0) is 4.79 Å². The molecule has 0 spiro atoms. The quantitative estimate of drug-likeness (QED) is 0.774. The predicted octanol–water partition coefficient (Wildman–Crippen LogP) is 4.20. The third kappa shape index (κ3) is 2.63. The molecule has 2 nitrogen and oxygen atoms in total. The summed E-state index contributed by atoms with van der Waals surface area (Å²) in [6.07, 6.45) is 6.25. The average Bonchev–Trinajstić information content (AvgIpc) is 2.93. The first-order valence-electron chi connectivity index (χ1n) is 8.54. The van der Waals surface area contributed by atoms with Crippen LogP contribution in [0.1, 0.15) is 24.0 Å². The van der Waals surface area contributed by atoms with E-state index in [4.69, 9.17) is 0 Å². The van der Waals surface area contributed by atoms with Crippen molar-refractivity contribution < 1.29 is 4.79 Å². The molecule has 2 heterocycles. The molecule has 0 saturated carbocycles. The van der Waals surface area contributed by atoms with Crippen LogP contribution in [-0.4, -0.2) is 29.8 Å². The summed E-state index contributed by atoms with van der Waals surface area (Å²) in [5, 5.41) is 0. The molecule has 0 radical (unpaired) electrons. The molecule has 2 heteroatoms. The minimum Gasteiger partial charge on any atom is -0.292 e. The van der Waals surface area contributed by atoms with Crippen LogP contribution in [0.15, 0.2) is 71.8 Å². The van der Waals surface area contributed by atoms with Gasteiger partial charge in [0.05, 0.1) is 0 Å². The number of carbonyl (C=O) groups excluding carboxylic acids is 1. The molecule has 2 aromatic carbocycles. The normalized spacial score (nSPS) is 27.1. The van der Waals surface area contributed by atoms with Crippen molar-refractivity contribution in [2.75, 3.05) is 7.05 Å². The molecule has 24 heavy (non-hydrogen) atoms. The first-order valence-corrected chi connectivity index (χ1v) is 8.54. The lowest BCUT2D eigenvalue weighted by Gasteiger charge is -2.34. The summed E-state index contributed by atoms with van der Waals surface area (Å²) >= 11 is 0. The molecule has 2 aliphatic rings. The minimum atomic E-state index is 0.216. The molecular formula is C22H21NO. The fourth-order valence-electron chi connectivity index (χ4n) is 3.94. The Morgan fingerprint density at radius 2 is 1.21 bits per heavy atom. The van der Waals surface area contributed by atoms with Crippen LogP contribution in [0, 0.1) is 0 Å². The number of nitrogens with zero attached hydrogens (tertiary/aromatic N) is 1. The number of piperidine rings is 1. The number of hydrogen-bond donors (Lipinski definition) is 0. The summed E-state index contributed by atoms with van der Waals surface area (Å²) in [6.45, 7) is 0. The number of rotatable bonds is 2. The fraction of sp³-hybridized carbons (Fsp3) is 0.227. The largest absolute Gasteiger partial charge is 0.292 e. The van der Waals surface area contributed by atoms with Crippen molar-refractivity contribution in [1.82, 2.24) is 4.90 Å². The van der Waals surface area contributed by atoms with Crippen LogP contribution in [0.2, 0.25) is 0 Å². The fourth-order valence-corrected chi connectivity index (χ4v) is 3.94. The van der Waals surface area contributed by atoms with Crippen LogP contribution in [0.4, 0.5) is 0 Å². The molecule has 2 atom stereocenters. The van der Waals surface area contributed by atoms with Crippen LogP contribution >= 0.6 is 0 Å². The number of benzene rings is 2. The highest BCUT2D eigenvalue weighted by Crippen LogP contribution is 2.40. The van der Waals surface area contributed by atoms with E-state index in [9.17, 15) is 4.79 Å². The highest BCUT2D eigenvalue weighted by atomic mass is 16.1. The number of hydrogen-bond acceptors (Lipinski definition) is 2. The SMILES string of the molecule is CN1[C@@H]2CC[C@H]1/C(=C\c1ccccc1)C(=O)/C2=C/c1ccccc1. The topological polar surface area (TPSA) is 20.3 Å². The van der Waals surface area contributed by atoms with Gasteiger partial charge in [-0.25, -0.2) is 0 Å². The van der Waals surface area contributed by atoms with Crippen LogP contribution < -0.4 is 0 Å². The standard InChI is InChI=1S/C22H21NO/c1-23-20-12-13-21(23)19(15-17-10-6-3-7-11-17)22(24)18(20)14-16-8-4-2-5-9-16/h2-11,14-15,20-21H,12-13H2,1H3/b18-14+,19-15+/t20-,21+. The summed E-state index contributed by atoms with van der Waals surface area (Å²) in [6, 6.07) is 20.8. The van der Waals surface area contributed by atoms with E-state index in [1.807, 2.05) is 36.4 Å². The third-order valence-corrected chi connectivity index (χ3v) is 5.18. The maximum Gasteiger partial charge on any atom is 0.188 e. The first-order chi connectivity index (χ1) is 11.7. The van der Waals surface area contributed by atoms with Crippen molar-refractivity contribution in [2.24, 2.45) is 0 Å². The summed E-state index contributed by atoms with van der Waals surface area (Å²) in [4.78, 5) is 15.5. The van der Waals surface area contributed by atoms with E-state index in [2.05, 4.69) is 48.4 Å². The summed E-state index contributed by atoms with van der Waals surface area (Å²) in [7, 11) is 2.15. The summed E-state index contributed by atoms with van der Waals surface area (Å²) in [5.74, 6) is 0.216. The van der Waals surface area contributed by atoms with Gasteiger partial charge in [0.2, 0.25) is 0 Å². The van der Waals surface area contributed by atoms with Crippen molar-refractivity contribution in [2.45, 2.75) is 24.9 Å². The highest BCUT2D eigenvalue weighted by molar-refractivity contribution is 6.16. The molecule has 0 unspecified atom stereocenters. The molecule has 120 valence electrons. The zero-order valence-electron chi connectivity index (χ0n) is 13.9. The molecule has 0 aromatic heterocycles. The van der Waals surface area contributed by atoms with E-state index in [1.54, 1.807) is 0 Å². The summed E-state index contributed by atoms with van der Waals surface area (Å²) in [5.41, 5.74) is 4.05. The Morgan fingerprint density at radius 1 is 0.792 bits per heavy atom. The van der Waals surface area contributed by atoms with Gasteiger partial charge in [-0.15, -0.1) is 0 Å². The molecule has 2 aliphatic heterocycles. The van der Waals surface area contributed by atoms with Crippen molar-refractivity contribution in [3.8, 4) is 0 Å². The molecule has 2 fully saturated rings. The van der Waals surface area contributed by atoms with Gasteiger partial charge >= 0.3 is 0 Å². The molecular weight excluding hydrogens is 294 g/mol. The van der Waals surface area contributed by atoms with Crippen molar-refractivity contribution in [3.63, 3.8) is 0 Å². The maximum absolute atomic E-state index is 13.2.